The molecule has 0 aliphatic heterocycles. The molecule has 0 amide bonds. The minimum atomic E-state index is -1.88. The third kappa shape index (κ3) is 4.30. The second-order valence-corrected chi connectivity index (χ2v) is 11.7. The van der Waals surface area contributed by atoms with Gasteiger partial charge < -0.3 is 14.0 Å². The molecule has 4 nitrogen and oxygen atoms in total. The fourth-order valence-corrected chi connectivity index (χ4v) is 6.94. The first-order chi connectivity index (χ1) is 19.1. The normalized spacial score (nSPS) is 23.5. The number of alkyl halides is 1. The van der Waals surface area contributed by atoms with Crippen LogP contribution < -0.4 is 4.74 Å². The summed E-state index contributed by atoms with van der Waals surface area (Å²) >= 11 is 0. The van der Waals surface area contributed by atoms with Crippen LogP contribution in [0.1, 0.15) is 60.9 Å². The summed E-state index contributed by atoms with van der Waals surface area (Å²) in [6, 6.07) is 21.2. The van der Waals surface area contributed by atoms with Gasteiger partial charge in [0.2, 0.25) is 5.67 Å². The fraction of sp³-hybridized carbons (Fsp3) is 0.324. The summed E-state index contributed by atoms with van der Waals surface area (Å²) in [5, 5.41) is 1.05. The first kappa shape index (κ1) is 26.3. The van der Waals surface area contributed by atoms with Crippen LogP contribution in [0, 0.1) is 18.2 Å². The minimum absolute atomic E-state index is 0.170. The number of allylic oxidation sites excluding steroid dienone is 1. The van der Waals surface area contributed by atoms with E-state index in [2.05, 4.69) is 17.2 Å². The van der Waals surface area contributed by atoms with Gasteiger partial charge in [0, 0.05) is 11.1 Å². The SMILES string of the molecule is C=C(C)c1c(C2CC3(C2)CC(F)(C(=O)OC)C3)c2cc(OCc3ccccc3)ccc2n1-c1ccc(F)c(C)c1. The molecule has 1 aromatic heterocycles. The Morgan fingerprint density at radius 2 is 1.80 bits per heavy atom. The van der Waals surface area contributed by atoms with Crippen molar-refractivity contribution in [2.24, 2.45) is 5.41 Å². The second kappa shape index (κ2) is 9.61. The zero-order valence-electron chi connectivity index (χ0n) is 23.1. The van der Waals surface area contributed by atoms with Gasteiger partial charge in [-0.1, -0.05) is 36.9 Å². The zero-order chi connectivity index (χ0) is 28.2. The van der Waals surface area contributed by atoms with Crippen molar-refractivity contribution in [2.75, 3.05) is 7.11 Å². The van der Waals surface area contributed by atoms with E-state index in [9.17, 15) is 9.18 Å². The Balaban J connectivity index is 1.42. The summed E-state index contributed by atoms with van der Waals surface area (Å²) in [5.41, 5.74) is 4.44. The molecule has 2 saturated carbocycles. The molecule has 1 heterocycles. The van der Waals surface area contributed by atoms with E-state index in [4.69, 9.17) is 9.47 Å². The van der Waals surface area contributed by atoms with Crippen LogP contribution in [0.15, 0.2) is 73.3 Å². The number of rotatable bonds is 7. The lowest BCUT2D eigenvalue weighted by Gasteiger charge is -2.59. The lowest BCUT2D eigenvalue weighted by Crippen LogP contribution is -2.58. The number of aryl methyl sites for hydroxylation is 1. The second-order valence-electron chi connectivity index (χ2n) is 11.7. The van der Waals surface area contributed by atoms with E-state index in [0.29, 0.717) is 12.2 Å². The van der Waals surface area contributed by atoms with E-state index in [1.807, 2.05) is 55.5 Å². The standard InChI is InChI=1S/C34H33F2NO3/c1-21(2)31-30(24-16-33(17-24)19-34(36,20-33)32(38)39-4)27-15-26(40-18-23-8-6-5-7-9-23)11-13-29(27)37(31)25-10-12-28(35)22(3)14-25/h5-15,24H,1,16-20H2,2-4H3. The largest absolute Gasteiger partial charge is 0.489 e. The smallest absolute Gasteiger partial charge is 0.343 e. The van der Waals surface area contributed by atoms with Crippen molar-refractivity contribution < 1.29 is 23.0 Å². The fourth-order valence-electron chi connectivity index (χ4n) is 6.94. The molecule has 4 aromatic rings. The third-order valence-electron chi connectivity index (χ3n) is 8.66. The average Bonchev–Trinajstić information content (AvgIpc) is 3.24. The van der Waals surface area contributed by atoms with E-state index >= 15 is 4.39 Å². The maximum Gasteiger partial charge on any atom is 0.343 e. The van der Waals surface area contributed by atoms with Crippen molar-refractivity contribution in [3.05, 3.63) is 102 Å². The van der Waals surface area contributed by atoms with Gasteiger partial charge in [-0.3, -0.25) is 0 Å². The van der Waals surface area contributed by atoms with Gasteiger partial charge in [0.05, 0.1) is 18.3 Å². The summed E-state index contributed by atoms with van der Waals surface area (Å²) in [7, 11) is 1.24. The highest BCUT2D eigenvalue weighted by molar-refractivity contribution is 5.93. The molecule has 1 spiro atoms. The number of hydrogen-bond acceptors (Lipinski definition) is 3. The van der Waals surface area contributed by atoms with Crippen molar-refractivity contribution in [3.8, 4) is 11.4 Å². The number of benzene rings is 3. The first-order valence-electron chi connectivity index (χ1n) is 13.7. The molecule has 40 heavy (non-hydrogen) atoms. The first-order valence-corrected chi connectivity index (χ1v) is 13.7. The topological polar surface area (TPSA) is 40.5 Å². The number of carbonyl (C=O) groups is 1. The van der Waals surface area contributed by atoms with Gasteiger partial charge >= 0.3 is 5.97 Å². The highest BCUT2D eigenvalue weighted by Crippen LogP contribution is 2.67. The number of esters is 1. The van der Waals surface area contributed by atoms with E-state index in [-0.39, 0.29) is 30.0 Å². The average molecular weight is 542 g/mol. The lowest BCUT2D eigenvalue weighted by atomic mass is 9.46. The van der Waals surface area contributed by atoms with Gasteiger partial charge in [0.1, 0.15) is 18.2 Å². The quantitative estimate of drug-likeness (QED) is 0.221. The molecule has 0 bridgehead atoms. The minimum Gasteiger partial charge on any atom is -0.489 e. The van der Waals surface area contributed by atoms with Crippen LogP contribution in [-0.4, -0.2) is 23.3 Å². The highest BCUT2D eigenvalue weighted by Gasteiger charge is 2.65. The highest BCUT2D eigenvalue weighted by atomic mass is 19.1. The van der Waals surface area contributed by atoms with Crippen LogP contribution in [0.2, 0.25) is 0 Å². The lowest BCUT2D eigenvalue weighted by molar-refractivity contribution is -0.184. The van der Waals surface area contributed by atoms with Crippen LogP contribution >= 0.6 is 0 Å². The zero-order valence-corrected chi connectivity index (χ0v) is 23.1. The predicted octanol–water partition coefficient (Wildman–Crippen LogP) is 8.23. The van der Waals surface area contributed by atoms with Gasteiger partial charge in [-0.15, -0.1) is 0 Å². The van der Waals surface area contributed by atoms with E-state index in [1.165, 1.54) is 13.2 Å². The molecule has 2 aliphatic rings. The number of nitrogens with zero attached hydrogens (tertiary/aromatic N) is 1. The molecule has 0 unspecified atom stereocenters. The number of methoxy groups -OCH3 is 1. The van der Waals surface area contributed by atoms with Crippen LogP contribution in [0.4, 0.5) is 8.78 Å². The van der Waals surface area contributed by atoms with E-state index in [0.717, 1.165) is 57.6 Å². The summed E-state index contributed by atoms with van der Waals surface area (Å²) in [6.45, 7) is 8.52. The van der Waals surface area contributed by atoms with Gasteiger partial charge in [0.25, 0.3) is 0 Å². The maximum atomic E-state index is 15.0. The van der Waals surface area contributed by atoms with E-state index < -0.39 is 11.6 Å². The van der Waals surface area contributed by atoms with E-state index in [1.54, 1.807) is 13.0 Å². The Bertz CT molecular complexity index is 1620. The monoisotopic (exact) mass is 541 g/mol. The van der Waals surface area contributed by atoms with Crippen molar-refractivity contribution in [3.63, 3.8) is 0 Å². The Kier molecular flexibility index (Phi) is 6.32. The molecular formula is C34H33F2NO3. The predicted molar refractivity (Wildman–Crippen MR) is 153 cm³/mol. The molecule has 0 atom stereocenters. The Morgan fingerprint density at radius 1 is 1.07 bits per heavy atom. The summed E-state index contributed by atoms with van der Waals surface area (Å²) < 4.78 is 42.3. The molecule has 0 radical (unpaired) electrons. The maximum absolute atomic E-state index is 15.0. The van der Waals surface area contributed by atoms with Crippen LogP contribution in [0.5, 0.6) is 5.75 Å². The Hall–Kier alpha value is -3.93. The van der Waals surface area contributed by atoms with Gasteiger partial charge in [-0.25, -0.2) is 13.6 Å². The van der Waals surface area contributed by atoms with Crippen molar-refractivity contribution in [1.29, 1.82) is 0 Å². The third-order valence-corrected chi connectivity index (χ3v) is 8.66. The van der Waals surface area contributed by atoms with Gasteiger partial charge in [0.15, 0.2) is 0 Å². The van der Waals surface area contributed by atoms with Gasteiger partial charge in [-0.2, -0.15) is 0 Å². The van der Waals surface area contributed by atoms with Crippen molar-refractivity contribution in [1.82, 2.24) is 4.57 Å². The molecule has 2 fully saturated rings. The number of ether oxygens (including phenoxy) is 2. The number of hydrogen-bond donors (Lipinski definition) is 0. The van der Waals surface area contributed by atoms with Crippen LogP contribution in [0.3, 0.4) is 0 Å². The van der Waals surface area contributed by atoms with Crippen molar-refractivity contribution in [2.45, 2.75) is 57.7 Å². The molecule has 206 valence electrons. The number of fused-ring (bicyclic) bond motifs is 1. The molecular weight excluding hydrogens is 508 g/mol. The Labute approximate surface area is 233 Å². The van der Waals surface area contributed by atoms with Crippen LogP contribution in [0.25, 0.3) is 22.2 Å². The molecule has 6 rings (SSSR count). The molecule has 0 N–H and O–H groups in total. The number of carbonyl (C=O) groups excluding carboxylic acids is 1. The van der Waals surface area contributed by atoms with Crippen LogP contribution in [-0.2, 0) is 16.1 Å². The van der Waals surface area contributed by atoms with Crippen molar-refractivity contribution >= 4 is 22.4 Å². The number of aromatic nitrogens is 1. The summed E-state index contributed by atoms with van der Waals surface area (Å²) in [4.78, 5) is 12.0. The Morgan fingerprint density at radius 3 is 2.45 bits per heavy atom. The molecule has 0 saturated heterocycles. The number of halogens is 2. The molecule has 3 aromatic carbocycles. The summed E-state index contributed by atoms with van der Waals surface area (Å²) in [5.74, 6) is -0.0964. The molecule has 6 heteroatoms. The van der Waals surface area contributed by atoms with Gasteiger partial charge in [-0.05, 0) is 110 Å². The molecule has 2 aliphatic carbocycles. The summed E-state index contributed by atoms with van der Waals surface area (Å²) in [6.07, 6.45) is 1.97.